The molecule has 6 nitrogen and oxygen atoms in total. The minimum atomic E-state index is -0.423. The maximum Gasteiger partial charge on any atom is 0.340 e. The summed E-state index contributed by atoms with van der Waals surface area (Å²) in [4.78, 5) is 12.5. The summed E-state index contributed by atoms with van der Waals surface area (Å²) in [5.41, 5.74) is 4.17. The maximum atomic E-state index is 12.5. The number of aromatic nitrogens is 4. The fraction of sp³-hybridized carbons (Fsp3) is 0.0476. The van der Waals surface area contributed by atoms with Gasteiger partial charge in [-0.05, 0) is 39.2 Å². The molecule has 3 aromatic carbocycles. The van der Waals surface area contributed by atoms with Gasteiger partial charge in [-0.2, -0.15) is 4.68 Å². The van der Waals surface area contributed by atoms with Crippen LogP contribution >= 0.6 is 0 Å². The number of rotatable bonds is 5. The molecule has 27 heavy (non-hydrogen) atoms. The van der Waals surface area contributed by atoms with Gasteiger partial charge >= 0.3 is 5.97 Å². The Balaban J connectivity index is 1.46. The van der Waals surface area contributed by atoms with Gasteiger partial charge in [0.25, 0.3) is 0 Å². The molecule has 0 amide bonds. The molecule has 0 saturated heterocycles. The number of tetrazole rings is 1. The molecule has 4 aromatic rings. The molecular formula is C21H16N4O2. The molecule has 4 rings (SSSR count). The second kappa shape index (κ2) is 7.61. The van der Waals surface area contributed by atoms with Gasteiger partial charge in [-0.15, -0.1) is 5.10 Å². The summed E-state index contributed by atoms with van der Waals surface area (Å²) in [5.74, 6) is -0.423. The molecule has 0 aliphatic rings. The van der Waals surface area contributed by atoms with Gasteiger partial charge in [0.15, 0.2) is 0 Å². The molecule has 0 bridgehead atoms. The molecule has 0 spiro atoms. The van der Waals surface area contributed by atoms with Gasteiger partial charge < -0.3 is 4.74 Å². The normalized spacial score (nSPS) is 10.5. The van der Waals surface area contributed by atoms with E-state index < -0.39 is 5.97 Å². The van der Waals surface area contributed by atoms with Crippen molar-refractivity contribution in [3.8, 4) is 16.8 Å². The van der Waals surface area contributed by atoms with E-state index in [9.17, 15) is 4.79 Å². The molecule has 6 heteroatoms. The Bertz CT molecular complexity index is 1030. The number of para-hydroxylation sites is 1. The molecule has 0 unspecified atom stereocenters. The molecule has 0 N–H and O–H groups in total. The molecule has 0 atom stereocenters. The molecule has 1 heterocycles. The first kappa shape index (κ1) is 16.7. The van der Waals surface area contributed by atoms with Crippen LogP contribution in [0.5, 0.6) is 0 Å². The van der Waals surface area contributed by atoms with Crippen LogP contribution in [0.15, 0.2) is 85.2 Å². The van der Waals surface area contributed by atoms with Crippen LogP contribution in [-0.2, 0) is 11.3 Å². The highest BCUT2D eigenvalue weighted by Gasteiger charge is 2.14. The molecular weight excluding hydrogens is 340 g/mol. The third-order valence-electron chi connectivity index (χ3n) is 4.15. The number of carbonyl (C=O) groups excluding carboxylic acids is 1. The molecule has 0 radical (unpaired) electrons. The number of hydrogen-bond acceptors (Lipinski definition) is 5. The molecule has 1 aromatic heterocycles. The van der Waals surface area contributed by atoms with Crippen molar-refractivity contribution in [1.82, 2.24) is 20.2 Å². The molecule has 0 aliphatic carbocycles. The van der Waals surface area contributed by atoms with E-state index in [1.807, 2.05) is 48.5 Å². The van der Waals surface area contributed by atoms with Gasteiger partial charge in [0.05, 0.1) is 11.3 Å². The number of hydrogen-bond donors (Lipinski definition) is 0. The number of nitrogens with zero attached hydrogens (tertiary/aromatic N) is 4. The summed E-state index contributed by atoms with van der Waals surface area (Å²) in [6, 6.07) is 25.1. The Labute approximate surface area is 156 Å². The van der Waals surface area contributed by atoms with Gasteiger partial charge in [0, 0.05) is 0 Å². The van der Waals surface area contributed by atoms with Gasteiger partial charge in [-0.3, -0.25) is 0 Å². The Kier molecular flexibility index (Phi) is 4.70. The van der Waals surface area contributed by atoms with Crippen LogP contribution in [0.3, 0.4) is 0 Å². The van der Waals surface area contributed by atoms with Crippen molar-refractivity contribution in [3.05, 3.63) is 96.3 Å². The highest BCUT2D eigenvalue weighted by Crippen LogP contribution is 2.20. The monoisotopic (exact) mass is 356 g/mol. The van der Waals surface area contributed by atoms with E-state index in [1.54, 1.807) is 18.2 Å². The fourth-order valence-corrected chi connectivity index (χ4v) is 2.77. The Morgan fingerprint density at radius 2 is 1.56 bits per heavy atom. The average Bonchev–Trinajstić information content (AvgIpc) is 3.28. The van der Waals surface area contributed by atoms with Crippen LogP contribution in [0.25, 0.3) is 16.8 Å². The van der Waals surface area contributed by atoms with Crippen LogP contribution in [0, 0.1) is 0 Å². The Hall–Kier alpha value is -3.80. The minimum Gasteiger partial charge on any atom is -0.457 e. The van der Waals surface area contributed by atoms with Crippen LogP contribution in [-0.4, -0.2) is 26.2 Å². The van der Waals surface area contributed by atoms with E-state index in [4.69, 9.17) is 4.74 Å². The fourth-order valence-electron chi connectivity index (χ4n) is 2.77. The van der Waals surface area contributed by atoms with E-state index in [0.29, 0.717) is 11.3 Å². The van der Waals surface area contributed by atoms with E-state index in [2.05, 4.69) is 27.7 Å². The van der Waals surface area contributed by atoms with Gasteiger partial charge in [0.2, 0.25) is 0 Å². The van der Waals surface area contributed by atoms with Crippen LogP contribution < -0.4 is 0 Å². The van der Waals surface area contributed by atoms with Crippen molar-refractivity contribution in [2.45, 2.75) is 6.61 Å². The molecule has 0 fully saturated rings. The van der Waals surface area contributed by atoms with Gasteiger partial charge in [-0.25, -0.2) is 4.79 Å². The van der Waals surface area contributed by atoms with E-state index in [1.165, 1.54) is 11.0 Å². The zero-order valence-electron chi connectivity index (χ0n) is 14.4. The van der Waals surface area contributed by atoms with Crippen LogP contribution in [0.1, 0.15) is 15.9 Å². The number of ether oxygens (including phenoxy) is 1. The summed E-state index contributed by atoms with van der Waals surface area (Å²) >= 11 is 0. The van der Waals surface area contributed by atoms with Crippen LogP contribution in [0.2, 0.25) is 0 Å². The average molecular weight is 356 g/mol. The van der Waals surface area contributed by atoms with E-state index in [-0.39, 0.29) is 6.61 Å². The highest BCUT2D eigenvalue weighted by molar-refractivity contribution is 5.93. The van der Waals surface area contributed by atoms with E-state index >= 15 is 0 Å². The smallest absolute Gasteiger partial charge is 0.340 e. The van der Waals surface area contributed by atoms with E-state index in [0.717, 1.165) is 16.7 Å². The van der Waals surface area contributed by atoms with Crippen molar-refractivity contribution in [2.75, 3.05) is 0 Å². The van der Waals surface area contributed by atoms with Gasteiger partial charge in [0.1, 0.15) is 12.9 Å². The number of esters is 1. The van der Waals surface area contributed by atoms with Crippen molar-refractivity contribution in [1.29, 1.82) is 0 Å². The van der Waals surface area contributed by atoms with Crippen LogP contribution in [0.4, 0.5) is 0 Å². The molecule has 0 saturated carbocycles. The summed E-state index contributed by atoms with van der Waals surface area (Å²) in [5, 5.41) is 11.0. The third-order valence-corrected chi connectivity index (χ3v) is 4.15. The predicted octanol–water partition coefficient (Wildman–Crippen LogP) is 3.69. The van der Waals surface area contributed by atoms with Crippen molar-refractivity contribution >= 4 is 5.97 Å². The largest absolute Gasteiger partial charge is 0.457 e. The topological polar surface area (TPSA) is 69.9 Å². The third kappa shape index (κ3) is 3.74. The van der Waals surface area contributed by atoms with Crippen molar-refractivity contribution in [2.24, 2.45) is 0 Å². The van der Waals surface area contributed by atoms with Crippen molar-refractivity contribution < 1.29 is 9.53 Å². The van der Waals surface area contributed by atoms with Crippen molar-refractivity contribution in [3.63, 3.8) is 0 Å². The lowest BCUT2D eigenvalue weighted by molar-refractivity contribution is 0.0472. The maximum absolute atomic E-state index is 12.5. The lowest BCUT2D eigenvalue weighted by Gasteiger charge is -2.09. The SMILES string of the molecule is O=C(OCc1ccc(-c2ccccc2)cc1)c1ccccc1-n1cnnn1. The summed E-state index contributed by atoms with van der Waals surface area (Å²) in [6.45, 7) is 0.192. The minimum absolute atomic E-state index is 0.192. The molecule has 132 valence electrons. The zero-order chi connectivity index (χ0) is 18.5. The lowest BCUT2D eigenvalue weighted by Crippen LogP contribution is -2.10. The second-order valence-corrected chi connectivity index (χ2v) is 5.91. The second-order valence-electron chi connectivity index (χ2n) is 5.91. The number of benzene rings is 3. The Morgan fingerprint density at radius 3 is 2.30 bits per heavy atom. The number of carbonyl (C=O) groups is 1. The first-order valence-electron chi connectivity index (χ1n) is 8.45. The van der Waals surface area contributed by atoms with Gasteiger partial charge in [-0.1, -0.05) is 66.7 Å². The first-order chi connectivity index (χ1) is 13.3. The quantitative estimate of drug-likeness (QED) is 0.510. The lowest BCUT2D eigenvalue weighted by atomic mass is 10.0. The molecule has 0 aliphatic heterocycles. The zero-order valence-corrected chi connectivity index (χ0v) is 14.4. The highest BCUT2D eigenvalue weighted by atomic mass is 16.5. The predicted molar refractivity (Wildman–Crippen MR) is 100 cm³/mol. The summed E-state index contributed by atoms with van der Waals surface area (Å²) in [6.07, 6.45) is 1.44. The Morgan fingerprint density at radius 1 is 0.852 bits per heavy atom. The summed E-state index contributed by atoms with van der Waals surface area (Å²) in [7, 11) is 0. The first-order valence-corrected chi connectivity index (χ1v) is 8.45. The standard InChI is InChI=1S/C21H16N4O2/c26-21(19-8-4-5-9-20(19)25-15-22-23-24-25)27-14-16-10-12-18(13-11-16)17-6-2-1-3-7-17/h1-13,15H,14H2. The summed E-state index contributed by atoms with van der Waals surface area (Å²) < 4.78 is 6.91.